The summed E-state index contributed by atoms with van der Waals surface area (Å²) in [6.07, 6.45) is -4.54. The van der Waals surface area contributed by atoms with Gasteiger partial charge in [0.2, 0.25) is 0 Å². The minimum Gasteiger partial charge on any atom is -0.507 e. The monoisotopic (exact) mass is 514 g/mol. The van der Waals surface area contributed by atoms with Crippen LogP contribution in [0.4, 0.5) is 24.5 Å². The van der Waals surface area contributed by atoms with Gasteiger partial charge in [-0.1, -0.05) is 0 Å². The quantitative estimate of drug-likeness (QED) is 0.283. The van der Waals surface area contributed by atoms with E-state index in [1.807, 2.05) is 24.9 Å². The van der Waals surface area contributed by atoms with Crippen molar-refractivity contribution in [3.05, 3.63) is 81.1 Å². The van der Waals surface area contributed by atoms with Crippen LogP contribution >= 0.6 is 11.3 Å². The molecule has 3 heterocycles. The van der Waals surface area contributed by atoms with E-state index in [2.05, 4.69) is 0 Å². The first-order valence-electron chi connectivity index (χ1n) is 11.1. The molecule has 0 radical (unpaired) electrons. The SMILES string of the molecule is Cc1ccsc1C1/C(=C(/O)c2ccc3c(c2)N(C)CCO3)C(=O)C(=O)N1c1ccc(C(F)(F)F)cc1. The van der Waals surface area contributed by atoms with E-state index in [0.717, 1.165) is 40.4 Å². The van der Waals surface area contributed by atoms with Crippen LogP contribution in [0.1, 0.15) is 27.6 Å². The number of carbonyl (C=O) groups excluding carboxylic acids is 2. The van der Waals surface area contributed by atoms with Gasteiger partial charge < -0.3 is 14.7 Å². The van der Waals surface area contributed by atoms with Gasteiger partial charge in [-0.15, -0.1) is 11.3 Å². The van der Waals surface area contributed by atoms with Crippen LogP contribution in [-0.2, 0) is 15.8 Å². The molecule has 1 unspecified atom stereocenters. The lowest BCUT2D eigenvalue weighted by Gasteiger charge is -2.28. The summed E-state index contributed by atoms with van der Waals surface area (Å²) in [5, 5.41) is 13.1. The Hall–Kier alpha value is -3.79. The van der Waals surface area contributed by atoms with E-state index in [9.17, 15) is 27.9 Å². The fourth-order valence-electron chi connectivity index (χ4n) is 4.48. The first kappa shape index (κ1) is 23.9. The molecule has 0 aliphatic carbocycles. The van der Waals surface area contributed by atoms with Gasteiger partial charge in [-0.3, -0.25) is 14.5 Å². The Balaban J connectivity index is 1.66. The summed E-state index contributed by atoms with van der Waals surface area (Å²) < 4.78 is 45.0. The van der Waals surface area contributed by atoms with E-state index in [-0.39, 0.29) is 17.0 Å². The zero-order valence-electron chi connectivity index (χ0n) is 19.3. The maximum Gasteiger partial charge on any atom is 0.416 e. The minimum absolute atomic E-state index is 0.121. The molecule has 2 aliphatic heterocycles. The van der Waals surface area contributed by atoms with Crippen LogP contribution in [0.2, 0.25) is 0 Å². The van der Waals surface area contributed by atoms with Gasteiger partial charge in [-0.2, -0.15) is 13.2 Å². The average molecular weight is 515 g/mol. The van der Waals surface area contributed by atoms with Gasteiger partial charge in [0, 0.05) is 23.2 Å². The summed E-state index contributed by atoms with van der Waals surface area (Å²) in [5.41, 5.74) is 0.979. The molecule has 2 aliphatic rings. The Labute approximate surface area is 208 Å². The van der Waals surface area contributed by atoms with Crippen LogP contribution in [0.5, 0.6) is 5.75 Å². The number of likely N-dealkylation sites (N-methyl/N-ethyl adjacent to an activating group) is 1. The van der Waals surface area contributed by atoms with Crippen LogP contribution in [0.3, 0.4) is 0 Å². The Morgan fingerprint density at radius 3 is 2.47 bits per heavy atom. The predicted octanol–water partition coefficient (Wildman–Crippen LogP) is 5.53. The van der Waals surface area contributed by atoms with Gasteiger partial charge >= 0.3 is 6.18 Å². The number of halogens is 3. The van der Waals surface area contributed by atoms with Crippen molar-refractivity contribution < 1.29 is 32.6 Å². The topological polar surface area (TPSA) is 70.1 Å². The van der Waals surface area contributed by atoms with Gasteiger partial charge in [0.1, 0.15) is 24.2 Å². The second-order valence-electron chi connectivity index (χ2n) is 8.63. The maximum absolute atomic E-state index is 13.3. The number of carbonyl (C=O) groups is 2. The molecule has 36 heavy (non-hydrogen) atoms. The smallest absolute Gasteiger partial charge is 0.416 e. The molecular formula is C26H21F3N2O4S. The molecular weight excluding hydrogens is 493 g/mol. The van der Waals surface area contributed by atoms with Gasteiger partial charge in [-0.25, -0.2) is 0 Å². The molecule has 6 nitrogen and oxygen atoms in total. The summed E-state index contributed by atoms with van der Waals surface area (Å²) in [4.78, 5) is 30.2. The molecule has 1 N–H and O–H groups in total. The molecule has 1 atom stereocenters. The molecule has 1 amide bonds. The highest BCUT2D eigenvalue weighted by Crippen LogP contribution is 2.46. The number of amides is 1. The Morgan fingerprint density at radius 1 is 1.11 bits per heavy atom. The van der Waals surface area contributed by atoms with E-state index >= 15 is 0 Å². The fraction of sp³-hybridized carbons (Fsp3) is 0.231. The third-order valence-corrected chi connectivity index (χ3v) is 7.47. The molecule has 1 saturated heterocycles. The van der Waals surface area contributed by atoms with E-state index < -0.39 is 29.5 Å². The largest absolute Gasteiger partial charge is 0.507 e. The highest BCUT2D eigenvalue weighted by molar-refractivity contribution is 7.10. The van der Waals surface area contributed by atoms with Crippen LogP contribution in [0, 0.1) is 6.92 Å². The molecule has 2 aromatic carbocycles. The van der Waals surface area contributed by atoms with Gasteiger partial charge in [0.15, 0.2) is 0 Å². The maximum atomic E-state index is 13.3. The van der Waals surface area contributed by atoms with E-state index in [1.54, 1.807) is 23.6 Å². The van der Waals surface area contributed by atoms with Crippen LogP contribution < -0.4 is 14.5 Å². The molecule has 3 aromatic rings. The van der Waals surface area contributed by atoms with Gasteiger partial charge in [0.05, 0.1) is 23.4 Å². The molecule has 5 rings (SSSR count). The fourth-order valence-corrected chi connectivity index (χ4v) is 5.50. The van der Waals surface area contributed by atoms with Crippen molar-refractivity contribution in [1.29, 1.82) is 0 Å². The standard InChI is InChI=1S/C26H21F3N2O4S/c1-14-9-12-36-24(14)21-20(22(32)15-3-8-19-18(13-15)30(2)10-11-35-19)23(33)25(34)31(21)17-6-4-16(5-7-17)26(27,28)29/h3-9,12-13,21,32H,10-11H2,1-2H3/b22-20-. The Kier molecular flexibility index (Phi) is 5.78. The number of hydrogen-bond donors (Lipinski definition) is 1. The number of hydrogen-bond acceptors (Lipinski definition) is 6. The number of nitrogens with zero attached hydrogens (tertiary/aromatic N) is 2. The summed E-state index contributed by atoms with van der Waals surface area (Å²) in [6, 6.07) is 9.87. The van der Waals surface area contributed by atoms with Crippen molar-refractivity contribution in [3.63, 3.8) is 0 Å². The van der Waals surface area contributed by atoms with Crippen LogP contribution in [0.15, 0.2) is 59.5 Å². The molecule has 0 spiro atoms. The Morgan fingerprint density at radius 2 is 1.83 bits per heavy atom. The number of aryl methyl sites for hydroxylation is 1. The third kappa shape index (κ3) is 3.91. The number of fused-ring (bicyclic) bond motifs is 1. The van der Waals surface area contributed by atoms with Crippen LogP contribution in [-0.4, -0.2) is 37.0 Å². The summed E-state index contributed by atoms with van der Waals surface area (Å²) >= 11 is 1.30. The van der Waals surface area contributed by atoms with E-state index in [0.29, 0.717) is 29.3 Å². The number of ketones is 1. The van der Waals surface area contributed by atoms with E-state index in [1.165, 1.54) is 11.3 Å². The van der Waals surface area contributed by atoms with Crippen molar-refractivity contribution >= 4 is 40.2 Å². The van der Waals surface area contributed by atoms with Crippen molar-refractivity contribution in [1.82, 2.24) is 0 Å². The molecule has 1 fully saturated rings. The first-order valence-corrected chi connectivity index (χ1v) is 12.0. The number of ether oxygens (including phenoxy) is 1. The number of aliphatic hydroxyl groups is 1. The first-order chi connectivity index (χ1) is 17.1. The molecule has 0 saturated carbocycles. The zero-order valence-corrected chi connectivity index (χ0v) is 20.1. The minimum atomic E-state index is -4.54. The highest BCUT2D eigenvalue weighted by atomic mass is 32.1. The second-order valence-corrected chi connectivity index (χ2v) is 9.58. The third-order valence-electron chi connectivity index (χ3n) is 6.40. The molecule has 1 aromatic heterocycles. The number of thiophene rings is 1. The number of benzene rings is 2. The predicted molar refractivity (Wildman–Crippen MR) is 130 cm³/mol. The normalized spacial score (nSPS) is 19.4. The van der Waals surface area contributed by atoms with Gasteiger partial charge in [-0.05, 0) is 66.4 Å². The van der Waals surface area contributed by atoms with Gasteiger partial charge in [0.25, 0.3) is 11.7 Å². The highest BCUT2D eigenvalue weighted by Gasteiger charge is 2.48. The summed E-state index contributed by atoms with van der Waals surface area (Å²) in [5.74, 6) is -1.56. The summed E-state index contributed by atoms with van der Waals surface area (Å²) in [6.45, 7) is 2.97. The molecule has 0 bridgehead atoms. The lowest BCUT2D eigenvalue weighted by molar-refractivity contribution is -0.137. The van der Waals surface area contributed by atoms with E-state index in [4.69, 9.17) is 4.74 Å². The Bertz CT molecular complexity index is 1390. The summed E-state index contributed by atoms with van der Waals surface area (Å²) in [7, 11) is 1.88. The average Bonchev–Trinajstić information content (AvgIpc) is 3.38. The van der Waals surface area contributed by atoms with Crippen molar-refractivity contribution in [2.75, 3.05) is 30.0 Å². The van der Waals surface area contributed by atoms with Crippen molar-refractivity contribution in [3.8, 4) is 5.75 Å². The lowest BCUT2D eigenvalue weighted by Crippen LogP contribution is -2.29. The van der Waals surface area contributed by atoms with Crippen molar-refractivity contribution in [2.45, 2.75) is 19.1 Å². The zero-order chi connectivity index (χ0) is 25.8. The number of Topliss-reactive ketones (excluding diaryl/α,β-unsaturated/α-hetero) is 1. The molecule has 186 valence electrons. The lowest BCUT2D eigenvalue weighted by atomic mass is 9.97. The van der Waals surface area contributed by atoms with Crippen LogP contribution in [0.25, 0.3) is 5.76 Å². The number of rotatable bonds is 3. The number of anilines is 2. The number of alkyl halides is 3. The molecule has 10 heteroatoms. The van der Waals surface area contributed by atoms with Crippen molar-refractivity contribution in [2.24, 2.45) is 0 Å². The second kappa shape index (κ2) is 8.70. The number of aliphatic hydroxyl groups excluding tert-OH is 1.